The van der Waals surface area contributed by atoms with E-state index in [2.05, 4.69) is 23.9 Å². The first kappa shape index (κ1) is 17.9. The van der Waals surface area contributed by atoms with Gasteiger partial charge in [0.15, 0.2) is 11.4 Å². The summed E-state index contributed by atoms with van der Waals surface area (Å²) >= 11 is 0. The van der Waals surface area contributed by atoms with Crippen LogP contribution in [0, 0.1) is 0 Å². The van der Waals surface area contributed by atoms with Crippen LogP contribution in [0.15, 0.2) is 71.9 Å². The average molecular weight is 372 g/mol. The number of carbonyl (C=O) groups excluding carboxylic acids is 1. The van der Waals surface area contributed by atoms with E-state index in [1.807, 2.05) is 54.6 Å². The third-order valence-corrected chi connectivity index (χ3v) is 4.77. The van der Waals surface area contributed by atoms with Crippen molar-refractivity contribution in [2.75, 3.05) is 0 Å². The lowest BCUT2D eigenvalue weighted by Crippen LogP contribution is -2.24. The van der Waals surface area contributed by atoms with Gasteiger partial charge < -0.3 is 0 Å². The molecule has 0 saturated heterocycles. The molecule has 28 heavy (non-hydrogen) atoms. The number of fused-ring (bicyclic) bond motifs is 1. The average Bonchev–Trinajstić information content (AvgIpc) is 3.15. The Kier molecular flexibility index (Phi) is 4.61. The molecule has 0 amide bonds. The normalized spacial score (nSPS) is 11.2. The van der Waals surface area contributed by atoms with E-state index in [0.29, 0.717) is 22.5 Å². The fourth-order valence-electron chi connectivity index (χ4n) is 3.12. The van der Waals surface area contributed by atoms with Gasteiger partial charge >= 0.3 is 0 Å². The quantitative estimate of drug-likeness (QED) is 0.502. The van der Waals surface area contributed by atoms with Crippen molar-refractivity contribution >= 4 is 16.8 Å². The van der Waals surface area contributed by atoms with Crippen molar-refractivity contribution in [2.24, 2.45) is 0 Å². The number of hydrogen-bond donors (Lipinski definition) is 0. The summed E-state index contributed by atoms with van der Waals surface area (Å²) in [5.41, 5.74) is 2.77. The standard InChI is InChI=1S/C22H20N4O2/c1-15(2)16-8-10-17(11-9-16)20(27)13-25-14-23-21-19(22(25)28)12-24-26(21)18-6-4-3-5-7-18/h3-12,14-15H,13H2,1-2H3. The van der Waals surface area contributed by atoms with Crippen LogP contribution in [0.4, 0.5) is 0 Å². The van der Waals surface area contributed by atoms with Crippen LogP contribution < -0.4 is 5.56 Å². The highest BCUT2D eigenvalue weighted by molar-refractivity contribution is 5.96. The zero-order chi connectivity index (χ0) is 19.7. The first-order chi connectivity index (χ1) is 13.5. The Bertz CT molecular complexity index is 1190. The summed E-state index contributed by atoms with van der Waals surface area (Å²) in [6.45, 7) is 4.15. The van der Waals surface area contributed by atoms with Gasteiger partial charge in [0, 0.05) is 5.56 Å². The van der Waals surface area contributed by atoms with Crippen molar-refractivity contribution in [3.63, 3.8) is 0 Å². The molecule has 0 spiro atoms. The molecule has 0 atom stereocenters. The Hall–Kier alpha value is -3.54. The maximum absolute atomic E-state index is 12.8. The molecule has 0 N–H and O–H groups in total. The van der Waals surface area contributed by atoms with Gasteiger partial charge in [-0.15, -0.1) is 0 Å². The van der Waals surface area contributed by atoms with Crippen molar-refractivity contribution in [3.8, 4) is 5.69 Å². The fraction of sp³-hybridized carbons (Fsp3) is 0.182. The fourth-order valence-corrected chi connectivity index (χ4v) is 3.12. The number of Topliss-reactive ketones (excluding diaryl/α,β-unsaturated/α-hetero) is 1. The van der Waals surface area contributed by atoms with Crippen molar-refractivity contribution in [1.82, 2.24) is 19.3 Å². The zero-order valence-electron chi connectivity index (χ0n) is 15.7. The molecule has 4 rings (SSSR count). The molecular weight excluding hydrogens is 352 g/mol. The van der Waals surface area contributed by atoms with Gasteiger partial charge in [-0.2, -0.15) is 5.10 Å². The highest BCUT2D eigenvalue weighted by Crippen LogP contribution is 2.16. The molecule has 0 bridgehead atoms. The minimum absolute atomic E-state index is 0.0562. The molecule has 140 valence electrons. The lowest BCUT2D eigenvalue weighted by Gasteiger charge is -2.08. The second-order valence-corrected chi connectivity index (χ2v) is 7.01. The molecule has 0 aliphatic heterocycles. The smallest absolute Gasteiger partial charge is 0.264 e. The monoisotopic (exact) mass is 372 g/mol. The van der Waals surface area contributed by atoms with E-state index in [-0.39, 0.29) is 17.9 Å². The van der Waals surface area contributed by atoms with Crippen LogP contribution in [0.25, 0.3) is 16.7 Å². The minimum atomic E-state index is -0.278. The number of benzene rings is 2. The van der Waals surface area contributed by atoms with E-state index < -0.39 is 0 Å². The van der Waals surface area contributed by atoms with Gasteiger partial charge in [0.05, 0.1) is 18.4 Å². The van der Waals surface area contributed by atoms with Crippen LogP contribution in [0.1, 0.15) is 35.7 Å². The van der Waals surface area contributed by atoms with Gasteiger partial charge in [-0.05, 0) is 23.6 Å². The highest BCUT2D eigenvalue weighted by atomic mass is 16.1. The van der Waals surface area contributed by atoms with Crippen molar-refractivity contribution in [2.45, 2.75) is 26.3 Å². The van der Waals surface area contributed by atoms with Gasteiger partial charge in [-0.25, -0.2) is 9.67 Å². The summed E-state index contributed by atoms with van der Waals surface area (Å²) in [5.74, 6) is 0.272. The molecule has 0 unspecified atom stereocenters. The maximum atomic E-state index is 12.8. The van der Waals surface area contributed by atoms with Crippen LogP contribution >= 0.6 is 0 Å². The Labute approximate surface area is 162 Å². The summed E-state index contributed by atoms with van der Waals surface area (Å²) in [5, 5.41) is 4.67. The van der Waals surface area contributed by atoms with Crippen LogP contribution in [0.3, 0.4) is 0 Å². The van der Waals surface area contributed by atoms with Gasteiger partial charge in [0.25, 0.3) is 5.56 Å². The van der Waals surface area contributed by atoms with Crippen LogP contribution in [-0.4, -0.2) is 25.1 Å². The summed E-state index contributed by atoms with van der Waals surface area (Å²) in [4.78, 5) is 29.8. The van der Waals surface area contributed by atoms with E-state index in [4.69, 9.17) is 0 Å². The Morgan fingerprint density at radius 3 is 2.43 bits per heavy atom. The van der Waals surface area contributed by atoms with Gasteiger partial charge in [-0.1, -0.05) is 56.3 Å². The third-order valence-electron chi connectivity index (χ3n) is 4.77. The summed E-state index contributed by atoms with van der Waals surface area (Å²) in [6, 6.07) is 17.0. The summed E-state index contributed by atoms with van der Waals surface area (Å²) in [7, 11) is 0. The van der Waals surface area contributed by atoms with Gasteiger partial charge in [0.1, 0.15) is 11.7 Å². The first-order valence-electron chi connectivity index (χ1n) is 9.16. The number of carbonyl (C=O) groups is 1. The van der Waals surface area contributed by atoms with E-state index in [9.17, 15) is 9.59 Å². The minimum Gasteiger partial charge on any atom is -0.292 e. The first-order valence-corrected chi connectivity index (χ1v) is 9.16. The number of ketones is 1. The lowest BCUT2D eigenvalue weighted by atomic mass is 10.0. The molecule has 0 saturated carbocycles. The second kappa shape index (κ2) is 7.23. The van der Waals surface area contributed by atoms with E-state index in [0.717, 1.165) is 5.69 Å². The maximum Gasteiger partial charge on any atom is 0.264 e. The number of para-hydroxylation sites is 1. The van der Waals surface area contributed by atoms with E-state index in [1.165, 1.54) is 22.7 Å². The molecule has 0 aliphatic carbocycles. The van der Waals surface area contributed by atoms with Crippen LogP contribution in [0.2, 0.25) is 0 Å². The molecule has 2 heterocycles. The molecule has 0 radical (unpaired) electrons. The van der Waals surface area contributed by atoms with Crippen molar-refractivity contribution < 1.29 is 4.79 Å². The molecule has 2 aromatic carbocycles. The molecule has 6 heteroatoms. The predicted molar refractivity (Wildman–Crippen MR) is 108 cm³/mol. The third kappa shape index (κ3) is 3.24. The van der Waals surface area contributed by atoms with Crippen molar-refractivity contribution in [1.29, 1.82) is 0 Å². The number of hydrogen-bond acceptors (Lipinski definition) is 4. The molecule has 6 nitrogen and oxygen atoms in total. The molecule has 4 aromatic rings. The lowest BCUT2D eigenvalue weighted by molar-refractivity contribution is 0.0970. The van der Waals surface area contributed by atoms with Crippen LogP contribution in [-0.2, 0) is 6.54 Å². The summed E-state index contributed by atoms with van der Waals surface area (Å²) in [6.07, 6.45) is 2.91. The van der Waals surface area contributed by atoms with E-state index in [1.54, 1.807) is 4.68 Å². The van der Waals surface area contributed by atoms with Crippen LogP contribution in [0.5, 0.6) is 0 Å². The topological polar surface area (TPSA) is 69.8 Å². The Morgan fingerprint density at radius 1 is 1.04 bits per heavy atom. The SMILES string of the molecule is CC(C)c1ccc(C(=O)Cn2cnc3c(cnn3-c3ccccc3)c2=O)cc1. The predicted octanol–water partition coefficient (Wildman–Crippen LogP) is 3.59. The van der Waals surface area contributed by atoms with Gasteiger partial charge in [-0.3, -0.25) is 14.2 Å². The second-order valence-electron chi connectivity index (χ2n) is 7.01. The van der Waals surface area contributed by atoms with Crippen molar-refractivity contribution in [3.05, 3.63) is 88.6 Å². The largest absolute Gasteiger partial charge is 0.292 e. The molecule has 0 aliphatic rings. The zero-order valence-corrected chi connectivity index (χ0v) is 15.7. The van der Waals surface area contributed by atoms with E-state index >= 15 is 0 Å². The number of nitrogens with zero attached hydrogens (tertiary/aromatic N) is 4. The molecule has 2 aromatic heterocycles. The highest BCUT2D eigenvalue weighted by Gasteiger charge is 2.14. The molecular formula is C22H20N4O2. The van der Waals surface area contributed by atoms with Gasteiger partial charge in [0.2, 0.25) is 0 Å². The number of rotatable bonds is 5. The Balaban J connectivity index is 1.64. The number of aromatic nitrogens is 4. The molecule has 0 fully saturated rings. The Morgan fingerprint density at radius 2 is 1.75 bits per heavy atom. The summed E-state index contributed by atoms with van der Waals surface area (Å²) < 4.78 is 2.95.